The topological polar surface area (TPSA) is 73.9 Å². The lowest BCUT2D eigenvalue weighted by atomic mass is 10.2. The lowest BCUT2D eigenvalue weighted by Gasteiger charge is -2.19. The molecule has 0 radical (unpaired) electrons. The monoisotopic (exact) mass is 349 g/mol. The van der Waals surface area contributed by atoms with Gasteiger partial charge in [-0.25, -0.2) is 8.42 Å². The molecule has 0 aliphatic carbocycles. The van der Waals surface area contributed by atoms with E-state index in [1.807, 2.05) is 13.8 Å². The first kappa shape index (κ1) is 16.4. The van der Waals surface area contributed by atoms with E-state index < -0.39 is 10.0 Å². The van der Waals surface area contributed by atoms with Crippen LogP contribution in [0.3, 0.4) is 0 Å². The molecule has 2 aromatic carbocycles. The Kier molecular flexibility index (Phi) is 4.53. The van der Waals surface area contributed by atoms with E-state index in [0.29, 0.717) is 42.8 Å². The Hall–Kier alpha value is -2.41. The lowest BCUT2D eigenvalue weighted by Crippen LogP contribution is -2.16. The van der Waals surface area contributed by atoms with Crippen molar-refractivity contribution in [2.45, 2.75) is 18.7 Å². The first-order valence-corrected chi connectivity index (χ1v) is 9.14. The number of benzene rings is 2. The second-order valence-corrected chi connectivity index (χ2v) is 7.01. The SMILES string of the molecule is CCOc1ccc(S(=O)(=O)Nc2ccc3c(c2)OCCO3)cc1C. The summed E-state index contributed by atoms with van der Waals surface area (Å²) < 4.78 is 44.0. The number of anilines is 1. The van der Waals surface area contributed by atoms with Crippen molar-refractivity contribution >= 4 is 15.7 Å². The molecule has 0 unspecified atom stereocenters. The van der Waals surface area contributed by atoms with E-state index in [-0.39, 0.29) is 4.90 Å². The van der Waals surface area contributed by atoms with Crippen molar-refractivity contribution in [3.63, 3.8) is 0 Å². The van der Waals surface area contributed by atoms with Gasteiger partial charge in [0.25, 0.3) is 10.0 Å². The van der Waals surface area contributed by atoms with Crippen molar-refractivity contribution in [3.05, 3.63) is 42.0 Å². The van der Waals surface area contributed by atoms with Crippen LogP contribution in [0.1, 0.15) is 12.5 Å². The van der Waals surface area contributed by atoms with Gasteiger partial charge in [0, 0.05) is 6.07 Å². The third-order valence-corrected chi connectivity index (χ3v) is 4.93. The maximum atomic E-state index is 12.6. The van der Waals surface area contributed by atoms with Crippen LogP contribution in [0.2, 0.25) is 0 Å². The fourth-order valence-corrected chi connectivity index (χ4v) is 3.56. The summed E-state index contributed by atoms with van der Waals surface area (Å²) in [6.07, 6.45) is 0. The molecule has 24 heavy (non-hydrogen) atoms. The Bertz CT molecular complexity index is 848. The second kappa shape index (κ2) is 6.60. The maximum absolute atomic E-state index is 12.6. The van der Waals surface area contributed by atoms with Crippen molar-refractivity contribution < 1.29 is 22.6 Å². The predicted octanol–water partition coefficient (Wildman–Crippen LogP) is 2.97. The fraction of sp³-hybridized carbons (Fsp3) is 0.294. The van der Waals surface area contributed by atoms with Gasteiger partial charge in [-0.3, -0.25) is 4.72 Å². The van der Waals surface area contributed by atoms with Gasteiger partial charge in [-0.2, -0.15) is 0 Å². The van der Waals surface area contributed by atoms with Crippen LogP contribution in [0.15, 0.2) is 41.3 Å². The van der Waals surface area contributed by atoms with Gasteiger partial charge in [0.2, 0.25) is 0 Å². The largest absolute Gasteiger partial charge is 0.494 e. The van der Waals surface area contributed by atoms with Crippen LogP contribution in [-0.4, -0.2) is 28.2 Å². The number of ether oxygens (including phenoxy) is 3. The highest BCUT2D eigenvalue weighted by atomic mass is 32.2. The van der Waals surface area contributed by atoms with Crippen LogP contribution in [0.5, 0.6) is 17.2 Å². The fourth-order valence-electron chi connectivity index (χ4n) is 2.43. The molecule has 1 aliphatic rings. The average Bonchev–Trinajstić information content (AvgIpc) is 2.56. The second-order valence-electron chi connectivity index (χ2n) is 5.32. The van der Waals surface area contributed by atoms with E-state index in [1.54, 1.807) is 30.3 Å². The summed E-state index contributed by atoms with van der Waals surface area (Å²) in [5.74, 6) is 1.82. The molecule has 1 N–H and O–H groups in total. The molecule has 128 valence electrons. The van der Waals surface area contributed by atoms with Gasteiger partial charge in [0.05, 0.1) is 17.2 Å². The van der Waals surface area contributed by atoms with E-state index in [0.717, 1.165) is 5.56 Å². The number of nitrogens with one attached hydrogen (secondary N) is 1. The molecule has 0 saturated heterocycles. The number of sulfonamides is 1. The highest BCUT2D eigenvalue weighted by Crippen LogP contribution is 2.33. The van der Waals surface area contributed by atoms with Gasteiger partial charge >= 0.3 is 0 Å². The average molecular weight is 349 g/mol. The normalized spacial score (nSPS) is 13.4. The molecule has 1 aliphatic heterocycles. The lowest BCUT2D eigenvalue weighted by molar-refractivity contribution is 0.171. The summed E-state index contributed by atoms with van der Waals surface area (Å²) in [5, 5.41) is 0. The first-order chi connectivity index (χ1) is 11.5. The van der Waals surface area contributed by atoms with Crippen LogP contribution >= 0.6 is 0 Å². The molecule has 0 saturated carbocycles. The smallest absolute Gasteiger partial charge is 0.261 e. The molecule has 2 aromatic rings. The number of hydrogen-bond donors (Lipinski definition) is 1. The molecule has 6 nitrogen and oxygen atoms in total. The molecular weight excluding hydrogens is 330 g/mol. The van der Waals surface area contributed by atoms with E-state index >= 15 is 0 Å². The third kappa shape index (κ3) is 3.41. The molecule has 1 heterocycles. The summed E-state index contributed by atoms with van der Waals surface area (Å²) in [4.78, 5) is 0.179. The van der Waals surface area contributed by atoms with E-state index in [2.05, 4.69) is 4.72 Å². The zero-order valence-corrected chi connectivity index (χ0v) is 14.4. The number of hydrogen-bond acceptors (Lipinski definition) is 5. The molecule has 0 spiro atoms. The summed E-state index contributed by atoms with van der Waals surface area (Å²) in [5.41, 5.74) is 1.19. The molecule has 0 amide bonds. The minimum absolute atomic E-state index is 0.179. The van der Waals surface area contributed by atoms with Crippen LogP contribution in [-0.2, 0) is 10.0 Å². The predicted molar refractivity (Wildman–Crippen MR) is 90.6 cm³/mol. The Balaban J connectivity index is 1.84. The van der Waals surface area contributed by atoms with Crippen molar-refractivity contribution in [2.75, 3.05) is 24.5 Å². The molecular formula is C17H19NO5S. The van der Waals surface area contributed by atoms with Crippen LogP contribution in [0.25, 0.3) is 0 Å². The minimum Gasteiger partial charge on any atom is -0.494 e. The van der Waals surface area contributed by atoms with Gasteiger partial charge in [-0.05, 0) is 49.7 Å². The minimum atomic E-state index is -3.70. The first-order valence-electron chi connectivity index (χ1n) is 7.65. The quantitative estimate of drug-likeness (QED) is 0.898. The highest BCUT2D eigenvalue weighted by molar-refractivity contribution is 7.92. The van der Waals surface area contributed by atoms with Crippen LogP contribution < -0.4 is 18.9 Å². The summed E-state index contributed by atoms with van der Waals surface area (Å²) in [6.45, 7) is 5.16. The maximum Gasteiger partial charge on any atom is 0.261 e. The Morgan fingerprint density at radius 3 is 2.54 bits per heavy atom. The Morgan fingerprint density at radius 1 is 1.08 bits per heavy atom. The summed E-state index contributed by atoms with van der Waals surface area (Å²) in [7, 11) is -3.70. The van der Waals surface area contributed by atoms with E-state index in [4.69, 9.17) is 14.2 Å². The molecule has 0 bridgehead atoms. The molecule has 0 aromatic heterocycles. The molecule has 0 fully saturated rings. The van der Waals surface area contributed by atoms with Gasteiger partial charge < -0.3 is 14.2 Å². The van der Waals surface area contributed by atoms with Crippen LogP contribution in [0.4, 0.5) is 5.69 Å². The van der Waals surface area contributed by atoms with Gasteiger partial charge in [0.15, 0.2) is 11.5 Å². The van der Waals surface area contributed by atoms with Gasteiger partial charge in [-0.15, -0.1) is 0 Å². The molecule has 3 rings (SSSR count). The summed E-state index contributed by atoms with van der Waals surface area (Å²) in [6, 6.07) is 9.73. The van der Waals surface area contributed by atoms with E-state index in [9.17, 15) is 8.42 Å². The number of aryl methyl sites for hydroxylation is 1. The molecule has 7 heteroatoms. The zero-order chi connectivity index (χ0) is 17.2. The van der Waals surface area contributed by atoms with E-state index in [1.165, 1.54) is 6.07 Å². The summed E-state index contributed by atoms with van der Waals surface area (Å²) >= 11 is 0. The number of fused-ring (bicyclic) bond motifs is 1. The Labute approximate surface area is 141 Å². The van der Waals surface area contributed by atoms with Gasteiger partial charge in [0.1, 0.15) is 19.0 Å². The standard InChI is InChI=1S/C17H19NO5S/c1-3-21-15-7-5-14(10-12(15)2)24(19,20)18-13-4-6-16-17(11-13)23-9-8-22-16/h4-7,10-11,18H,3,8-9H2,1-2H3. The van der Waals surface area contributed by atoms with Crippen molar-refractivity contribution in [1.82, 2.24) is 0 Å². The van der Waals surface area contributed by atoms with Crippen molar-refractivity contribution in [3.8, 4) is 17.2 Å². The van der Waals surface area contributed by atoms with Crippen molar-refractivity contribution in [2.24, 2.45) is 0 Å². The van der Waals surface area contributed by atoms with Crippen molar-refractivity contribution in [1.29, 1.82) is 0 Å². The molecule has 0 atom stereocenters. The van der Waals surface area contributed by atoms with Crippen LogP contribution in [0, 0.1) is 6.92 Å². The zero-order valence-electron chi connectivity index (χ0n) is 13.5. The Morgan fingerprint density at radius 2 is 1.83 bits per heavy atom. The highest BCUT2D eigenvalue weighted by Gasteiger charge is 2.18. The number of rotatable bonds is 5. The van der Waals surface area contributed by atoms with Gasteiger partial charge in [-0.1, -0.05) is 0 Å². The third-order valence-electron chi connectivity index (χ3n) is 3.55.